The lowest BCUT2D eigenvalue weighted by Crippen LogP contribution is -2.46. The number of carbonyl (C=O) groups excluding carboxylic acids is 1. The van der Waals surface area contributed by atoms with Gasteiger partial charge in [-0.1, -0.05) is 74.5 Å². The van der Waals surface area contributed by atoms with E-state index in [1.54, 1.807) is 6.08 Å². The van der Waals surface area contributed by atoms with Gasteiger partial charge in [-0.3, -0.25) is 13.9 Å². The Balaban J connectivity index is 1.28. The van der Waals surface area contributed by atoms with Gasteiger partial charge in [-0.25, -0.2) is 0 Å². The van der Waals surface area contributed by atoms with Gasteiger partial charge < -0.3 is 10.0 Å². The van der Waals surface area contributed by atoms with E-state index in [9.17, 15) is 35.8 Å². The minimum Gasteiger partial charge on any atom is -0.387 e. The van der Waals surface area contributed by atoms with Gasteiger partial charge in [0.25, 0.3) is 20.2 Å². The van der Waals surface area contributed by atoms with E-state index in [4.69, 9.17) is 0 Å². The highest BCUT2D eigenvalue weighted by Crippen LogP contribution is 2.52. The van der Waals surface area contributed by atoms with Crippen molar-refractivity contribution in [2.24, 2.45) is 5.92 Å². The summed E-state index contributed by atoms with van der Waals surface area (Å²) in [5.41, 5.74) is 4.36. The van der Waals surface area contributed by atoms with Crippen molar-refractivity contribution < 1.29 is 40.4 Å². The van der Waals surface area contributed by atoms with Crippen molar-refractivity contribution in [3.05, 3.63) is 107 Å². The van der Waals surface area contributed by atoms with E-state index < -0.39 is 54.6 Å². The maximum atomic E-state index is 14.1. The van der Waals surface area contributed by atoms with Crippen molar-refractivity contribution in [1.82, 2.24) is 0 Å². The minimum atomic E-state index is -4.18. The highest BCUT2D eigenvalue weighted by molar-refractivity contribution is 7.86. The Bertz CT molecular complexity index is 2480. The van der Waals surface area contributed by atoms with Crippen LogP contribution in [0.25, 0.3) is 21.5 Å². The second-order valence-corrected chi connectivity index (χ2v) is 18.2. The molecule has 4 aromatic rings. The van der Waals surface area contributed by atoms with Gasteiger partial charge in [0, 0.05) is 53.0 Å². The Morgan fingerprint density at radius 2 is 1.35 bits per heavy atom. The Morgan fingerprint density at radius 1 is 0.769 bits per heavy atom. The molecule has 12 heteroatoms. The molecule has 1 fully saturated rings. The zero-order chi connectivity index (χ0) is 37.4. The van der Waals surface area contributed by atoms with Gasteiger partial charge in [0.1, 0.15) is 6.54 Å². The molecule has 2 unspecified atom stereocenters. The number of hydrogen-bond acceptors (Lipinski definition) is 7. The summed E-state index contributed by atoms with van der Waals surface area (Å²) in [5.74, 6) is -1.92. The molecule has 0 amide bonds. The molecule has 1 aliphatic carbocycles. The Kier molecular flexibility index (Phi) is 8.86. The van der Waals surface area contributed by atoms with Crippen molar-refractivity contribution in [3.8, 4) is 0 Å². The molecule has 2 aliphatic heterocycles. The van der Waals surface area contributed by atoms with Crippen LogP contribution in [0.15, 0.2) is 96.2 Å². The summed E-state index contributed by atoms with van der Waals surface area (Å²) >= 11 is 0. The molecule has 0 radical (unpaired) electrons. The van der Waals surface area contributed by atoms with Crippen LogP contribution in [-0.4, -0.2) is 77.8 Å². The van der Waals surface area contributed by atoms with Crippen LogP contribution in [-0.2, 0) is 35.9 Å². The summed E-state index contributed by atoms with van der Waals surface area (Å²) in [5, 5.41) is 15.9. The van der Waals surface area contributed by atoms with E-state index >= 15 is 0 Å². The molecule has 3 aliphatic rings. The third kappa shape index (κ3) is 6.20. The number of benzene rings is 4. The van der Waals surface area contributed by atoms with Crippen molar-refractivity contribution in [2.45, 2.75) is 57.5 Å². The van der Waals surface area contributed by atoms with Gasteiger partial charge in [0.15, 0.2) is 11.5 Å². The first-order chi connectivity index (χ1) is 24.4. The first kappa shape index (κ1) is 36.2. The van der Waals surface area contributed by atoms with Crippen molar-refractivity contribution in [2.75, 3.05) is 29.5 Å². The third-order valence-corrected chi connectivity index (χ3v) is 12.6. The molecule has 0 spiro atoms. The van der Waals surface area contributed by atoms with Crippen LogP contribution in [0.4, 0.5) is 11.4 Å². The maximum absolute atomic E-state index is 14.1. The molecule has 0 saturated heterocycles. The lowest BCUT2D eigenvalue weighted by molar-refractivity contribution is -0.437. The fourth-order valence-corrected chi connectivity index (χ4v) is 9.53. The van der Waals surface area contributed by atoms with Crippen LogP contribution < -0.4 is 4.90 Å². The fourth-order valence-electron chi connectivity index (χ4n) is 8.54. The average molecular weight is 744 g/mol. The second-order valence-electron chi connectivity index (χ2n) is 15.1. The monoisotopic (exact) mass is 743 g/mol. The zero-order valence-electron chi connectivity index (χ0n) is 29.6. The molecular formula is C40H43N2O8S2+. The highest BCUT2D eigenvalue weighted by atomic mass is 32.2. The average Bonchev–Trinajstić information content (AvgIpc) is 3.43. The van der Waals surface area contributed by atoms with Crippen LogP contribution >= 0.6 is 0 Å². The molecule has 1 saturated carbocycles. The lowest BCUT2D eigenvalue weighted by Gasteiger charge is -2.35. The van der Waals surface area contributed by atoms with Gasteiger partial charge in [0.2, 0.25) is 5.69 Å². The number of ketones is 1. The third-order valence-electron chi connectivity index (χ3n) is 11.0. The van der Waals surface area contributed by atoms with Crippen LogP contribution in [0.5, 0.6) is 0 Å². The number of anilines is 1. The smallest absolute Gasteiger partial charge is 0.265 e. The molecule has 2 heterocycles. The molecule has 3 N–H and O–H groups in total. The Morgan fingerprint density at radius 3 is 1.96 bits per heavy atom. The molecule has 52 heavy (non-hydrogen) atoms. The zero-order valence-corrected chi connectivity index (χ0v) is 31.2. The summed E-state index contributed by atoms with van der Waals surface area (Å²) < 4.78 is 67.5. The molecule has 2 atom stereocenters. The molecule has 7 rings (SSSR count). The van der Waals surface area contributed by atoms with Crippen molar-refractivity contribution in [1.29, 1.82) is 0 Å². The number of Topliss-reactive ketones (excluding diaryl/α,β-unsaturated/α-hetero) is 1. The second kappa shape index (κ2) is 12.7. The van der Waals surface area contributed by atoms with Crippen molar-refractivity contribution in [3.63, 3.8) is 0 Å². The lowest BCUT2D eigenvalue weighted by atomic mass is 9.70. The number of nitrogens with zero attached hydrogens (tertiary/aromatic N) is 2. The van der Waals surface area contributed by atoms with Crippen LogP contribution in [0.1, 0.15) is 51.7 Å². The number of fused-ring (bicyclic) bond motifs is 6. The number of allylic oxidation sites excluding steroid dienone is 2. The quantitative estimate of drug-likeness (QED) is 0.0995. The number of aliphatic hydroxyl groups excluding tert-OH is 1. The number of rotatable bonds is 10. The summed E-state index contributed by atoms with van der Waals surface area (Å²) in [4.78, 5) is 16.1. The van der Waals surface area contributed by atoms with Gasteiger partial charge in [0.05, 0.1) is 28.9 Å². The van der Waals surface area contributed by atoms with Gasteiger partial charge in [-0.15, -0.1) is 0 Å². The number of carbonyl (C=O) groups is 1. The summed E-state index contributed by atoms with van der Waals surface area (Å²) in [6, 6.07) is 24.0. The Hall–Kier alpha value is -4.20. The molecule has 4 aromatic carbocycles. The molecular weight excluding hydrogens is 701 g/mol. The number of hydrogen-bond donors (Lipinski definition) is 3. The number of aliphatic hydroxyl groups is 1. The molecule has 10 nitrogen and oxygen atoms in total. The van der Waals surface area contributed by atoms with E-state index in [1.165, 1.54) is 0 Å². The molecule has 0 aromatic heterocycles. The maximum Gasteiger partial charge on any atom is 0.265 e. The van der Waals surface area contributed by atoms with E-state index in [2.05, 4.69) is 27.7 Å². The fraction of sp³-hybridized carbons (Fsp3) is 0.350. The summed E-state index contributed by atoms with van der Waals surface area (Å²) in [7, 11) is -8.37. The van der Waals surface area contributed by atoms with E-state index in [1.807, 2.05) is 88.3 Å². The standard InChI is InChI=1S/C40H42N2O8S2/c1-39(2)33(41(19-9-21-51(45,46)47)31-17-15-25-11-5-7-13-27(25)35(31)39)23-29-37(43)30(38(29)44)24-34-40(3,4)36-28-14-8-6-12-26(28)16-18-32(36)42(34)20-10-22-52(48,49)50/h5-8,11-18,23-24,29,37,43H,9-10,19-22H2,1-4H3,(H-,45,46,47,48,49,50)/p+1. The summed E-state index contributed by atoms with van der Waals surface area (Å²) in [6.45, 7) is 8.76. The SMILES string of the molecule is CC1(C)C(=CC2C(=O)C(=CC3=[N+](CCCS(=O)(=O)O)c4ccc5ccccc5c4C3(C)C)C2O)N(CCCS(=O)(=O)O)c2ccc3ccccc3c21. The predicted octanol–water partition coefficient (Wildman–Crippen LogP) is 6.09. The largest absolute Gasteiger partial charge is 0.387 e. The van der Waals surface area contributed by atoms with Crippen molar-refractivity contribution >= 4 is 64.7 Å². The van der Waals surface area contributed by atoms with E-state index in [-0.39, 0.29) is 37.3 Å². The predicted molar refractivity (Wildman–Crippen MR) is 204 cm³/mol. The van der Waals surface area contributed by atoms with Crippen LogP contribution in [0.2, 0.25) is 0 Å². The van der Waals surface area contributed by atoms with Crippen LogP contribution in [0, 0.1) is 5.92 Å². The van der Waals surface area contributed by atoms with Gasteiger partial charge in [-0.05, 0) is 59.5 Å². The molecule has 0 bridgehead atoms. The first-order valence-electron chi connectivity index (χ1n) is 17.4. The van der Waals surface area contributed by atoms with E-state index in [0.29, 0.717) is 0 Å². The van der Waals surface area contributed by atoms with Gasteiger partial charge >= 0.3 is 0 Å². The summed E-state index contributed by atoms with van der Waals surface area (Å²) in [6.07, 6.45) is 2.73. The normalized spacial score (nSPS) is 22.4. The first-order valence-corrected chi connectivity index (χ1v) is 20.7. The molecule has 272 valence electrons. The Labute approximate surface area is 304 Å². The minimum absolute atomic E-state index is 0.150. The highest BCUT2D eigenvalue weighted by Gasteiger charge is 2.51. The van der Waals surface area contributed by atoms with E-state index in [0.717, 1.165) is 55.5 Å². The van der Waals surface area contributed by atoms with Crippen LogP contribution in [0.3, 0.4) is 0 Å². The van der Waals surface area contributed by atoms with Gasteiger partial charge in [-0.2, -0.15) is 21.4 Å². The topological polar surface area (TPSA) is 152 Å².